The van der Waals surface area contributed by atoms with Gasteiger partial charge in [0, 0.05) is 0 Å². The van der Waals surface area contributed by atoms with E-state index >= 15 is 0 Å². The first-order valence-electron chi connectivity index (χ1n) is 3.58. The molecule has 0 aliphatic carbocycles. The van der Waals surface area contributed by atoms with Crippen molar-refractivity contribution in [2.24, 2.45) is 0 Å². The van der Waals surface area contributed by atoms with Crippen LogP contribution in [0.15, 0.2) is 24.3 Å². The van der Waals surface area contributed by atoms with Crippen LogP contribution in [-0.2, 0) is 0 Å². The zero-order chi connectivity index (χ0) is 7.56. The number of aryl methyl sites for hydroxylation is 1. The second-order valence-corrected chi connectivity index (χ2v) is 2.81. The van der Waals surface area contributed by atoms with E-state index < -0.39 is 0 Å². The molecule has 1 aromatic rings. The van der Waals surface area contributed by atoms with E-state index in [2.05, 4.69) is 45.0 Å². The average molecular weight is 133 g/mol. The smallest absolute Gasteiger partial charge is 0.000933 e. The highest BCUT2D eigenvalue weighted by Crippen LogP contribution is 2.16. The first-order chi connectivity index (χ1) is 4.72. The molecule has 10 heavy (non-hydrogen) atoms. The van der Waals surface area contributed by atoms with E-state index in [0.717, 1.165) is 0 Å². The lowest BCUT2D eigenvalue weighted by molar-refractivity contribution is 1.12. The van der Waals surface area contributed by atoms with Gasteiger partial charge in [-0.15, -0.1) is 0 Å². The van der Waals surface area contributed by atoms with Crippen LogP contribution in [0.4, 0.5) is 0 Å². The highest BCUT2D eigenvalue weighted by atomic mass is 14.0. The molecule has 0 aliphatic heterocycles. The monoisotopic (exact) mass is 133 g/mol. The molecule has 0 spiro atoms. The molecular formula is C10H13. The van der Waals surface area contributed by atoms with Gasteiger partial charge in [-0.05, 0) is 24.0 Å². The van der Waals surface area contributed by atoms with Gasteiger partial charge in [-0.25, -0.2) is 0 Å². The third-order valence-corrected chi connectivity index (χ3v) is 1.68. The summed E-state index contributed by atoms with van der Waals surface area (Å²) in [6.45, 7) is 6.42. The fourth-order valence-electron chi connectivity index (χ4n) is 1.13. The highest BCUT2D eigenvalue weighted by molar-refractivity contribution is 5.35. The predicted octanol–water partition coefficient (Wildman–Crippen LogP) is 2.96. The van der Waals surface area contributed by atoms with Gasteiger partial charge in [0.1, 0.15) is 0 Å². The Hall–Kier alpha value is -0.780. The van der Waals surface area contributed by atoms with Crippen LogP contribution in [-0.4, -0.2) is 0 Å². The second-order valence-electron chi connectivity index (χ2n) is 2.81. The Bertz CT molecular complexity index is 211. The minimum absolute atomic E-state index is 1.36. The molecule has 0 nitrogen and oxygen atoms in total. The maximum Gasteiger partial charge on any atom is -0.000933 e. The first-order valence-corrected chi connectivity index (χ1v) is 3.58. The second kappa shape index (κ2) is 2.87. The minimum atomic E-state index is 1.36. The molecule has 0 saturated heterocycles. The van der Waals surface area contributed by atoms with E-state index in [0.29, 0.717) is 0 Å². The summed E-state index contributed by atoms with van der Waals surface area (Å²) in [5.41, 5.74) is 2.74. The molecule has 0 heteroatoms. The first kappa shape index (κ1) is 7.33. The molecule has 0 fully saturated rings. The van der Waals surface area contributed by atoms with E-state index in [1.54, 1.807) is 0 Å². The van der Waals surface area contributed by atoms with Crippen molar-refractivity contribution in [2.75, 3.05) is 0 Å². The van der Waals surface area contributed by atoms with Crippen molar-refractivity contribution in [1.29, 1.82) is 0 Å². The molecule has 53 valence electrons. The zero-order valence-electron chi connectivity index (χ0n) is 6.81. The predicted molar refractivity (Wildman–Crippen MR) is 44.9 cm³/mol. The van der Waals surface area contributed by atoms with Gasteiger partial charge < -0.3 is 0 Å². The van der Waals surface area contributed by atoms with E-state index in [-0.39, 0.29) is 0 Å². The summed E-state index contributed by atoms with van der Waals surface area (Å²) < 4.78 is 0. The Labute approximate surface area is 62.9 Å². The highest BCUT2D eigenvalue weighted by Gasteiger charge is 2.00. The Morgan fingerprint density at radius 1 is 1.10 bits per heavy atom. The normalized spacial score (nSPS) is 10.4. The minimum Gasteiger partial charge on any atom is -0.0620 e. The number of hydrogen-bond acceptors (Lipinski definition) is 0. The van der Waals surface area contributed by atoms with E-state index in [9.17, 15) is 0 Å². The summed E-state index contributed by atoms with van der Waals surface area (Å²) in [6.07, 6.45) is 0. The van der Waals surface area contributed by atoms with Gasteiger partial charge in [-0.2, -0.15) is 0 Å². The lowest BCUT2D eigenvalue weighted by Gasteiger charge is -2.06. The quantitative estimate of drug-likeness (QED) is 0.552. The maximum absolute atomic E-state index is 2.16. The van der Waals surface area contributed by atoms with Crippen LogP contribution >= 0.6 is 0 Å². The Morgan fingerprint density at radius 2 is 1.70 bits per heavy atom. The Balaban J connectivity index is 3.03. The molecule has 0 heterocycles. The number of rotatable bonds is 1. The molecule has 0 amide bonds. The van der Waals surface area contributed by atoms with Gasteiger partial charge in [0.15, 0.2) is 0 Å². The average Bonchev–Trinajstić information content (AvgIpc) is 1.88. The summed E-state index contributed by atoms with van der Waals surface area (Å²) in [4.78, 5) is 0. The van der Waals surface area contributed by atoms with Crippen LogP contribution in [0.2, 0.25) is 0 Å². The van der Waals surface area contributed by atoms with Crippen molar-refractivity contribution in [1.82, 2.24) is 0 Å². The summed E-state index contributed by atoms with van der Waals surface area (Å²) in [7, 11) is 0. The molecular weight excluding hydrogens is 120 g/mol. The van der Waals surface area contributed by atoms with Crippen LogP contribution in [0.5, 0.6) is 0 Å². The van der Waals surface area contributed by atoms with Crippen molar-refractivity contribution in [2.45, 2.75) is 20.8 Å². The molecule has 0 bridgehead atoms. The lowest BCUT2D eigenvalue weighted by Crippen LogP contribution is -1.90. The van der Waals surface area contributed by atoms with Gasteiger partial charge in [0.25, 0.3) is 0 Å². The summed E-state index contributed by atoms with van der Waals surface area (Å²) in [5, 5.41) is 0. The summed E-state index contributed by atoms with van der Waals surface area (Å²) in [6, 6.07) is 8.45. The molecule has 1 radical (unpaired) electrons. The summed E-state index contributed by atoms with van der Waals surface area (Å²) in [5.74, 6) is 1.39. The topological polar surface area (TPSA) is 0 Å². The summed E-state index contributed by atoms with van der Waals surface area (Å²) >= 11 is 0. The van der Waals surface area contributed by atoms with E-state index in [1.165, 1.54) is 17.0 Å². The van der Waals surface area contributed by atoms with Crippen LogP contribution < -0.4 is 0 Å². The molecule has 1 aromatic carbocycles. The van der Waals surface area contributed by atoms with Crippen molar-refractivity contribution in [3.8, 4) is 0 Å². The van der Waals surface area contributed by atoms with Crippen LogP contribution in [0.25, 0.3) is 0 Å². The molecule has 0 aliphatic rings. The van der Waals surface area contributed by atoms with Crippen LogP contribution in [0.1, 0.15) is 25.0 Å². The third kappa shape index (κ3) is 1.38. The van der Waals surface area contributed by atoms with Gasteiger partial charge in [-0.1, -0.05) is 38.1 Å². The number of benzene rings is 1. The molecule has 0 saturated carbocycles. The van der Waals surface area contributed by atoms with Gasteiger partial charge in [0.05, 0.1) is 0 Å². The van der Waals surface area contributed by atoms with Gasteiger partial charge >= 0.3 is 0 Å². The molecule has 0 atom stereocenters. The van der Waals surface area contributed by atoms with Crippen molar-refractivity contribution >= 4 is 0 Å². The fourth-order valence-corrected chi connectivity index (χ4v) is 1.13. The van der Waals surface area contributed by atoms with Gasteiger partial charge in [-0.3, -0.25) is 0 Å². The van der Waals surface area contributed by atoms with Crippen molar-refractivity contribution < 1.29 is 0 Å². The Kier molecular flexibility index (Phi) is 2.10. The number of hydrogen-bond donors (Lipinski definition) is 0. The fraction of sp³-hybridized carbons (Fsp3) is 0.300. The third-order valence-electron chi connectivity index (χ3n) is 1.68. The standard InChI is InChI=1S/C10H13/c1-8(2)10-7-5-4-6-9(10)3/h4-7H,1-3H3. The molecule has 0 unspecified atom stereocenters. The molecule has 1 rings (SSSR count). The lowest BCUT2D eigenvalue weighted by atomic mass is 9.99. The zero-order valence-corrected chi connectivity index (χ0v) is 6.81. The van der Waals surface area contributed by atoms with Crippen molar-refractivity contribution in [3.63, 3.8) is 0 Å². The van der Waals surface area contributed by atoms with Crippen molar-refractivity contribution in [3.05, 3.63) is 41.3 Å². The van der Waals surface area contributed by atoms with Crippen LogP contribution in [0, 0.1) is 12.8 Å². The van der Waals surface area contributed by atoms with E-state index in [4.69, 9.17) is 0 Å². The van der Waals surface area contributed by atoms with Gasteiger partial charge in [0.2, 0.25) is 0 Å². The largest absolute Gasteiger partial charge is 0.0620 e. The SMILES string of the molecule is C[C](C)c1ccccc1C. The van der Waals surface area contributed by atoms with E-state index in [1.807, 2.05) is 0 Å². The van der Waals surface area contributed by atoms with Crippen LogP contribution in [0.3, 0.4) is 0 Å². The molecule has 0 aromatic heterocycles. The maximum atomic E-state index is 2.16. The molecule has 0 N–H and O–H groups in total. The Morgan fingerprint density at radius 3 is 2.10 bits per heavy atom.